The van der Waals surface area contributed by atoms with E-state index in [1.807, 2.05) is 0 Å². The molecule has 0 aromatic heterocycles. The Kier molecular flexibility index (Phi) is 2.68. The molecule has 0 aliphatic heterocycles. The molecule has 1 rings (SSSR count). The molecule has 3 N–H and O–H groups in total. The van der Waals surface area contributed by atoms with Crippen LogP contribution in [0.25, 0.3) is 0 Å². The maximum absolute atomic E-state index is 10.5. The van der Waals surface area contributed by atoms with Gasteiger partial charge in [-0.3, -0.25) is 0 Å². The summed E-state index contributed by atoms with van der Waals surface area (Å²) in [7, 11) is 0. The Hall–Kier alpha value is -1.79. The first-order valence-corrected chi connectivity index (χ1v) is 3.20. The number of hydrogen-bond acceptors (Lipinski definition) is 5. The smallest absolute Gasteiger partial charge is 0.339 e. The highest BCUT2D eigenvalue weighted by molar-refractivity contribution is 5.91. The summed E-state index contributed by atoms with van der Waals surface area (Å²) in [5.74, 6) is -2.03. The van der Waals surface area contributed by atoms with Gasteiger partial charge in [-0.05, 0) is 12.1 Å². The summed E-state index contributed by atoms with van der Waals surface area (Å²) in [5, 5.41) is 25.2. The Labute approximate surface area is 72.4 Å². The van der Waals surface area contributed by atoms with Gasteiger partial charge in [0.2, 0.25) is 11.5 Å². The molecule has 70 valence electrons. The van der Waals surface area contributed by atoms with Crippen molar-refractivity contribution < 1.29 is 30.2 Å². The molecule has 0 aliphatic carbocycles. The van der Waals surface area contributed by atoms with Crippen molar-refractivity contribution in [3.63, 3.8) is 0 Å². The van der Waals surface area contributed by atoms with Crippen LogP contribution in [0.15, 0.2) is 18.2 Å². The standard InChI is InChI=1S/C7H6O6/c8-7(9)4-2-1-3-5(12-10)6(4)13-11/h1-3,10-11H,(H,8,9). The molecule has 0 fully saturated rings. The summed E-state index contributed by atoms with van der Waals surface area (Å²) >= 11 is 0. The highest BCUT2D eigenvalue weighted by atomic mass is 17.1. The molecule has 1 aromatic rings. The Morgan fingerprint density at radius 1 is 1.23 bits per heavy atom. The average molecular weight is 186 g/mol. The molecule has 6 heteroatoms. The molecule has 0 saturated heterocycles. The van der Waals surface area contributed by atoms with Crippen LogP contribution >= 0.6 is 0 Å². The number of rotatable bonds is 3. The molecule has 0 radical (unpaired) electrons. The zero-order valence-corrected chi connectivity index (χ0v) is 6.30. The fourth-order valence-corrected chi connectivity index (χ4v) is 0.850. The van der Waals surface area contributed by atoms with Gasteiger partial charge in [0.05, 0.1) is 0 Å². The molecule has 0 aliphatic rings. The lowest BCUT2D eigenvalue weighted by atomic mass is 10.2. The van der Waals surface area contributed by atoms with Crippen LogP contribution in [0.2, 0.25) is 0 Å². The molecule has 0 heterocycles. The first-order valence-electron chi connectivity index (χ1n) is 3.20. The van der Waals surface area contributed by atoms with E-state index in [4.69, 9.17) is 15.6 Å². The van der Waals surface area contributed by atoms with Crippen LogP contribution < -0.4 is 9.78 Å². The predicted octanol–water partition coefficient (Wildman–Crippen LogP) is 1.09. The van der Waals surface area contributed by atoms with Gasteiger partial charge < -0.3 is 14.9 Å². The van der Waals surface area contributed by atoms with Crippen LogP contribution in [0.4, 0.5) is 0 Å². The molecule has 6 nitrogen and oxygen atoms in total. The first kappa shape index (κ1) is 9.30. The lowest BCUT2D eigenvalue weighted by Gasteiger charge is -2.04. The third-order valence-corrected chi connectivity index (χ3v) is 1.40. The van der Waals surface area contributed by atoms with Gasteiger partial charge in [-0.2, -0.15) is 0 Å². The van der Waals surface area contributed by atoms with E-state index in [1.165, 1.54) is 18.2 Å². The zero-order valence-electron chi connectivity index (χ0n) is 6.30. The SMILES string of the molecule is O=C(O)c1cccc(OO)c1OO. The Balaban J connectivity index is 3.27. The monoisotopic (exact) mass is 186 g/mol. The largest absolute Gasteiger partial charge is 0.478 e. The second-order valence-electron chi connectivity index (χ2n) is 2.12. The molecule has 1 aromatic carbocycles. The van der Waals surface area contributed by atoms with E-state index < -0.39 is 11.7 Å². The predicted molar refractivity (Wildman–Crippen MR) is 39.9 cm³/mol. The molecule has 0 saturated carbocycles. The summed E-state index contributed by atoms with van der Waals surface area (Å²) in [5.41, 5.74) is -0.311. The lowest BCUT2D eigenvalue weighted by Crippen LogP contribution is -2.02. The number of benzene rings is 1. The summed E-state index contributed by atoms with van der Waals surface area (Å²) < 4.78 is 0. The van der Waals surface area contributed by atoms with Crippen molar-refractivity contribution >= 4 is 5.97 Å². The second kappa shape index (κ2) is 3.74. The van der Waals surface area contributed by atoms with Crippen molar-refractivity contribution in [3.8, 4) is 11.5 Å². The maximum atomic E-state index is 10.5. The topological polar surface area (TPSA) is 96.2 Å². The lowest BCUT2D eigenvalue weighted by molar-refractivity contribution is -0.164. The van der Waals surface area contributed by atoms with Gasteiger partial charge in [-0.25, -0.2) is 15.3 Å². The molecule has 13 heavy (non-hydrogen) atoms. The van der Waals surface area contributed by atoms with Gasteiger partial charge in [0.1, 0.15) is 5.56 Å². The summed E-state index contributed by atoms with van der Waals surface area (Å²) in [6.07, 6.45) is 0. The van der Waals surface area contributed by atoms with Crippen molar-refractivity contribution in [1.29, 1.82) is 0 Å². The molecular formula is C7H6O6. The Morgan fingerprint density at radius 2 is 1.92 bits per heavy atom. The maximum Gasteiger partial charge on any atom is 0.339 e. The molecule has 0 amide bonds. The highest BCUT2D eigenvalue weighted by Gasteiger charge is 2.17. The summed E-state index contributed by atoms with van der Waals surface area (Å²) in [4.78, 5) is 18.1. The van der Waals surface area contributed by atoms with Crippen LogP contribution in [-0.2, 0) is 0 Å². The van der Waals surface area contributed by atoms with E-state index in [1.54, 1.807) is 0 Å². The van der Waals surface area contributed by atoms with E-state index >= 15 is 0 Å². The van der Waals surface area contributed by atoms with E-state index in [0.717, 1.165) is 0 Å². The normalized spacial score (nSPS) is 9.38. The Morgan fingerprint density at radius 3 is 2.38 bits per heavy atom. The molecule has 0 spiro atoms. The summed E-state index contributed by atoms with van der Waals surface area (Å²) in [6.45, 7) is 0. The van der Waals surface area contributed by atoms with Gasteiger partial charge in [-0.15, -0.1) is 0 Å². The third kappa shape index (κ3) is 1.68. The number of carboxylic acids is 1. The van der Waals surface area contributed by atoms with Gasteiger partial charge >= 0.3 is 5.97 Å². The molecule has 0 atom stereocenters. The zero-order chi connectivity index (χ0) is 9.84. The van der Waals surface area contributed by atoms with Crippen LogP contribution in [-0.4, -0.2) is 21.6 Å². The van der Waals surface area contributed by atoms with Gasteiger partial charge in [0, 0.05) is 0 Å². The number of aromatic carboxylic acids is 1. The second-order valence-corrected chi connectivity index (χ2v) is 2.12. The van der Waals surface area contributed by atoms with Crippen molar-refractivity contribution in [1.82, 2.24) is 0 Å². The number of carboxylic acid groups (broad SMARTS) is 1. The van der Waals surface area contributed by atoms with Crippen LogP contribution in [0, 0.1) is 0 Å². The first-order chi connectivity index (χ1) is 6.20. The highest BCUT2D eigenvalue weighted by Crippen LogP contribution is 2.30. The summed E-state index contributed by atoms with van der Waals surface area (Å²) in [6, 6.07) is 3.76. The van der Waals surface area contributed by atoms with E-state index in [0.29, 0.717) is 0 Å². The quantitative estimate of drug-likeness (QED) is 0.483. The van der Waals surface area contributed by atoms with Crippen LogP contribution in [0.5, 0.6) is 11.5 Å². The van der Waals surface area contributed by atoms with Gasteiger partial charge in [0.15, 0.2) is 0 Å². The van der Waals surface area contributed by atoms with Crippen LogP contribution in [0.3, 0.4) is 0 Å². The fraction of sp³-hybridized carbons (Fsp3) is 0. The van der Waals surface area contributed by atoms with Crippen LogP contribution in [0.1, 0.15) is 10.4 Å². The van der Waals surface area contributed by atoms with Gasteiger partial charge in [0.25, 0.3) is 0 Å². The average Bonchev–Trinajstić information content (AvgIpc) is 2.16. The molecular weight excluding hydrogens is 180 g/mol. The third-order valence-electron chi connectivity index (χ3n) is 1.40. The van der Waals surface area contributed by atoms with Crippen molar-refractivity contribution in [2.75, 3.05) is 0 Å². The van der Waals surface area contributed by atoms with E-state index in [2.05, 4.69) is 9.78 Å². The van der Waals surface area contributed by atoms with Gasteiger partial charge in [-0.1, -0.05) is 6.07 Å². The number of hydrogen-bond donors (Lipinski definition) is 3. The minimum absolute atomic E-state index is 0.276. The fourth-order valence-electron chi connectivity index (χ4n) is 0.850. The van der Waals surface area contributed by atoms with E-state index in [-0.39, 0.29) is 11.3 Å². The van der Waals surface area contributed by atoms with Crippen molar-refractivity contribution in [2.24, 2.45) is 0 Å². The van der Waals surface area contributed by atoms with Crippen molar-refractivity contribution in [2.45, 2.75) is 0 Å². The Bertz CT molecular complexity index is 321. The molecule has 0 bridgehead atoms. The minimum Gasteiger partial charge on any atom is -0.478 e. The van der Waals surface area contributed by atoms with Crippen molar-refractivity contribution in [3.05, 3.63) is 23.8 Å². The number of carbonyl (C=O) groups is 1. The van der Waals surface area contributed by atoms with E-state index in [9.17, 15) is 4.79 Å². The minimum atomic E-state index is -1.30. The number of para-hydroxylation sites is 1. The molecule has 0 unspecified atom stereocenters.